The lowest BCUT2D eigenvalue weighted by Gasteiger charge is -2.29. The number of carbonyl (C=O) groups excluding carboxylic acids is 1. The van der Waals surface area contributed by atoms with Crippen LogP contribution >= 0.6 is 11.6 Å². The third-order valence-electron chi connectivity index (χ3n) is 5.76. The first-order valence-electron chi connectivity index (χ1n) is 10.4. The standard InChI is InChI=1S/C20H30ClN3O3S/c1-2-10-23-13-8-17(9-14-23)22-20(25)16-6-7-18(21)19(15-16)28(26,27)24-11-4-3-5-12-24/h6-7,15,17H,2-5,8-14H2,1H3,(H,22,25)/p+1. The fraction of sp³-hybridized carbons (Fsp3) is 0.650. The number of hydrogen-bond donors (Lipinski definition) is 2. The van der Waals surface area contributed by atoms with Crippen LogP contribution in [0.1, 0.15) is 55.8 Å². The summed E-state index contributed by atoms with van der Waals surface area (Å²) in [5.74, 6) is -0.226. The Morgan fingerprint density at radius 1 is 1.21 bits per heavy atom. The van der Waals surface area contributed by atoms with Crippen molar-refractivity contribution < 1.29 is 18.1 Å². The van der Waals surface area contributed by atoms with Crippen molar-refractivity contribution in [3.8, 4) is 0 Å². The summed E-state index contributed by atoms with van der Waals surface area (Å²) in [7, 11) is -3.68. The van der Waals surface area contributed by atoms with E-state index in [1.807, 2.05) is 0 Å². The summed E-state index contributed by atoms with van der Waals surface area (Å²) in [5.41, 5.74) is 0.350. The Hall–Kier alpha value is -1.15. The molecule has 8 heteroatoms. The second-order valence-electron chi connectivity index (χ2n) is 7.86. The number of carbonyl (C=O) groups is 1. The molecule has 0 bridgehead atoms. The first kappa shape index (κ1) is 21.6. The van der Waals surface area contributed by atoms with Crippen LogP contribution in [-0.4, -0.2) is 57.4 Å². The Balaban J connectivity index is 1.69. The van der Waals surface area contributed by atoms with Gasteiger partial charge in [0.1, 0.15) is 4.90 Å². The van der Waals surface area contributed by atoms with Crippen molar-refractivity contribution in [2.24, 2.45) is 0 Å². The molecule has 3 rings (SSSR count). The quantitative estimate of drug-likeness (QED) is 0.724. The van der Waals surface area contributed by atoms with Crippen LogP contribution in [0.4, 0.5) is 0 Å². The highest BCUT2D eigenvalue weighted by Crippen LogP contribution is 2.28. The molecule has 2 N–H and O–H groups in total. The Kier molecular flexibility index (Phi) is 7.36. The summed E-state index contributed by atoms with van der Waals surface area (Å²) in [4.78, 5) is 14.3. The van der Waals surface area contributed by atoms with Gasteiger partial charge < -0.3 is 10.2 Å². The topological polar surface area (TPSA) is 70.9 Å². The van der Waals surface area contributed by atoms with Gasteiger partial charge in [0, 0.05) is 37.5 Å². The van der Waals surface area contributed by atoms with Crippen LogP contribution in [0.2, 0.25) is 5.02 Å². The van der Waals surface area contributed by atoms with Crippen molar-refractivity contribution in [2.75, 3.05) is 32.7 Å². The summed E-state index contributed by atoms with van der Waals surface area (Å²) in [5, 5.41) is 3.24. The molecule has 2 aliphatic rings. The number of nitrogens with zero attached hydrogens (tertiary/aromatic N) is 1. The van der Waals surface area contributed by atoms with Crippen molar-refractivity contribution in [1.82, 2.24) is 9.62 Å². The zero-order valence-electron chi connectivity index (χ0n) is 16.5. The fourth-order valence-electron chi connectivity index (χ4n) is 4.13. The smallest absolute Gasteiger partial charge is 0.251 e. The average molecular weight is 429 g/mol. The van der Waals surface area contributed by atoms with E-state index < -0.39 is 10.0 Å². The Morgan fingerprint density at radius 3 is 2.54 bits per heavy atom. The molecular weight excluding hydrogens is 398 g/mol. The Morgan fingerprint density at radius 2 is 1.89 bits per heavy atom. The number of hydrogen-bond acceptors (Lipinski definition) is 3. The molecule has 28 heavy (non-hydrogen) atoms. The molecule has 1 aromatic rings. The van der Waals surface area contributed by atoms with Crippen molar-refractivity contribution >= 4 is 27.5 Å². The molecule has 2 saturated heterocycles. The molecule has 0 aromatic heterocycles. The molecule has 0 aliphatic carbocycles. The number of benzene rings is 1. The third-order valence-corrected chi connectivity index (χ3v) is 8.14. The number of likely N-dealkylation sites (tertiary alicyclic amines) is 1. The van der Waals surface area contributed by atoms with Crippen LogP contribution in [0.25, 0.3) is 0 Å². The molecule has 0 unspecified atom stereocenters. The average Bonchev–Trinajstić information content (AvgIpc) is 2.70. The van der Waals surface area contributed by atoms with Crippen molar-refractivity contribution in [3.05, 3.63) is 28.8 Å². The van der Waals surface area contributed by atoms with Gasteiger partial charge in [-0.2, -0.15) is 4.31 Å². The largest absolute Gasteiger partial charge is 0.349 e. The molecule has 1 aromatic carbocycles. The summed E-state index contributed by atoms with van der Waals surface area (Å²) >= 11 is 6.20. The number of amides is 1. The predicted octanol–water partition coefficient (Wildman–Crippen LogP) is 1.70. The lowest BCUT2D eigenvalue weighted by atomic mass is 10.0. The Labute approximate surface area is 173 Å². The first-order chi connectivity index (χ1) is 13.4. The van der Waals surface area contributed by atoms with E-state index in [9.17, 15) is 13.2 Å². The van der Waals surface area contributed by atoms with Gasteiger partial charge in [0.25, 0.3) is 5.91 Å². The van der Waals surface area contributed by atoms with Crippen LogP contribution < -0.4 is 10.2 Å². The van der Waals surface area contributed by atoms with Gasteiger partial charge in [-0.05, 0) is 37.5 Å². The minimum Gasteiger partial charge on any atom is -0.349 e. The number of sulfonamides is 1. The highest BCUT2D eigenvalue weighted by atomic mass is 35.5. The summed E-state index contributed by atoms with van der Waals surface area (Å²) < 4.78 is 27.4. The Bertz CT molecular complexity index is 786. The number of halogens is 1. The molecule has 6 nitrogen and oxygen atoms in total. The minimum atomic E-state index is -3.68. The lowest BCUT2D eigenvalue weighted by Crippen LogP contribution is -3.13. The van der Waals surface area contributed by atoms with Gasteiger partial charge in [-0.15, -0.1) is 0 Å². The molecule has 156 valence electrons. The molecule has 1 amide bonds. The molecule has 0 radical (unpaired) electrons. The van der Waals surface area contributed by atoms with Crippen LogP contribution in [0.15, 0.2) is 23.1 Å². The molecule has 0 atom stereocenters. The van der Waals surface area contributed by atoms with Crippen LogP contribution in [0.3, 0.4) is 0 Å². The van der Waals surface area contributed by atoms with Crippen molar-refractivity contribution in [1.29, 1.82) is 0 Å². The molecule has 0 spiro atoms. The van der Waals surface area contributed by atoms with Gasteiger partial charge in [0.2, 0.25) is 10.0 Å². The second kappa shape index (κ2) is 9.57. The number of rotatable bonds is 6. The van der Waals surface area contributed by atoms with E-state index in [1.54, 1.807) is 11.0 Å². The van der Waals surface area contributed by atoms with E-state index in [-0.39, 0.29) is 21.9 Å². The lowest BCUT2D eigenvalue weighted by molar-refractivity contribution is -0.905. The van der Waals surface area contributed by atoms with Gasteiger partial charge >= 0.3 is 0 Å². The molecular formula is C20H31ClN3O3S+. The molecule has 0 saturated carbocycles. The maximum Gasteiger partial charge on any atom is 0.251 e. The van der Waals surface area contributed by atoms with E-state index in [1.165, 1.54) is 29.4 Å². The molecule has 2 heterocycles. The molecule has 2 aliphatic heterocycles. The predicted molar refractivity (Wildman–Crippen MR) is 110 cm³/mol. The van der Waals surface area contributed by atoms with Crippen LogP contribution in [-0.2, 0) is 10.0 Å². The first-order valence-corrected chi connectivity index (χ1v) is 12.2. The SMILES string of the molecule is CCC[NH+]1CCC(NC(=O)c2ccc(Cl)c(S(=O)(=O)N3CCCCC3)c2)CC1. The zero-order chi connectivity index (χ0) is 20.1. The monoisotopic (exact) mass is 428 g/mol. The van der Waals surface area contributed by atoms with E-state index in [0.29, 0.717) is 18.7 Å². The second-order valence-corrected chi connectivity index (χ2v) is 10.2. The van der Waals surface area contributed by atoms with Crippen molar-refractivity contribution in [3.63, 3.8) is 0 Å². The van der Waals surface area contributed by atoms with E-state index in [0.717, 1.165) is 45.2 Å². The molecule has 2 fully saturated rings. The fourth-order valence-corrected chi connectivity index (χ4v) is 6.15. The van der Waals surface area contributed by atoms with E-state index in [4.69, 9.17) is 11.6 Å². The highest BCUT2D eigenvalue weighted by molar-refractivity contribution is 7.89. The zero-order valence-corrected chi connectivity index (χ0v) is 18.1. The van der Waals surface area contributed by atoms with Gasteiger partial charge in [-0.25, -0.2) is 8.42 Å². The van der Waals surface area contributed by atoms with Crippen molar-refractivity contribution in [2.45, 2.75) is 56.4 Å². The third kappa shape index (κ3) is 5.06. The minimum absolute atomic E-state index is 0.0333. The maximum absolute atomic E-state index is 13.0. The van der Waals surface area contributed by atoms with Gasteiger partial charge in [-0.1, -0.05) is 24.9 Å². The van der Waals surface area contributed by atoms with Crippen LogP contribution in [0.5, 0.6) is 0 Å². The number of quaternary nitrogens is 1. The van der Waals surface area contributed by atoms with Gasteiger partial charge in [0.05, 0.1) is 24.7 Å². The number of nitrogens with one attached hydrogen (secondary N) is 2. The van der Waals surface area contributed by atoms with Crippen LogP contribution in [0, 0.1) is 0 Å². The normalized spacial score (nSPS) is 24.1. The van der Waals surface area contributed by atoms with Gasteiger partial charge in [0.15, 0.2) is 0 Å². The van der Waals surface area contributed by atoms with E-state index in [2.05, 4.69) is 12.2 Å². The maximum atomic E-state index is 13.0. The number of piperidine rings is 2. The highest BCUT2D eigenvalue weighted by Gasteiger charge is 2.29. The summed E-state index contributed by atoms with van der Waals surface area (Å²) in [6, 6.07) is 4.69. The summed E-state index contributed by atoms with van der Waals surface area (Å²) in [6.45, 7) is 6.51. The van der Waals surface area contributed by atoms with E-state index >= 15 is 0 Å². The summed E-state index contributed by atoms with van der Waals surface area (Å²) in [6.07, 6.45) is 5.83. The van der Waals surface area contributed by atoms with Gasteiger partial charge in [-0.3, -0.25) is 4.79 Å².